The summed E-state index contributed by atoms with van der Waals surface area (Å²) >= 11 is 1.33. The van der Waals surface area contributed by atoms with Gasteiger partial charge in [-0.05, 0) is 0 Å². The molecule has 1 aromatic rings. The molecule has 118 valence electrons. The van der Waals surface area contributed by atoms with Gasteiger partial charge in [-0.25, -0.2) is 0 Å². The van der Waals surface area contributed by atoms with Crippen molar-refractivity contribution in [1.29, 1.82) is 0 Å². The number of benzene rings is 1. The molecule has 0 aromatic heterocycles. The van der Waals surface area contributed by atoms with Gasteiger partial charge in [0.1, 0.15) is 0 Å². The normalized spacial score (nSPS) is 21.6. The van der Waals surface area contributed by atoms with E-state index in [2.05, 4.69) is 5.32 Å². The molecule has 0 spiro atoms. The molecule has 0 atom stereocenters. The van der Waals surface area contributed by atoms with Crippen LogP contribution in [0.1, 0.15) is 36.0 Å². The van der Waals surface area contributed by atoms with Gasteiger partial charge in [0.25, 0.3) is 10.1 Å². The number of ketones is 1. The maximum atomic E-state index is 11.9. The van der Waals surface area contributed by atoms with Crippen LogP contribution >= 0.6 is 0 Å². The second-order valence-corrected chi connectivity index (χ2v) is 8.96. The van der Waals surface area contributed by atoms with Crippen LogP contribution in [0.25, 0.3) is 0 Å². The van der Waals surface area contributed by atoms with Gasteiger partial charge in [-0.1, -0.05) is 0 Å². The van der Waals surface area contributed by atoms with Crippen LogP contribution in [0.3, 0.4) is 0 Å². The molecule has 1 fully saturated rings. The minimum absolute atomic E-state index is 0.207. The number of carbonyl (C=O) groups excluding carboxylic acids is 1. The third-order valence-electron chi connectivity index (χ3n) is 3.66. The first-order chi connectivity index (χ1) is 10.3. The molecule has 0 heterocycles. The Balaban J connectivity index is 0.000000422. The Morgan fingerprint density at radius 2 is 1.73 bits per heavy atom. The van der Waals surface area contributed by atoms with Gasteiger partial charge in [-0.3, -0.25) is 4.55 Å². The predicted molar refractivity (Wildman–Crippen MR) is 88.0 cm³/mol. The number of carbonyl (C=O) groups is 1. The molecule has 2 rings (SSSR count). The van der Waals surface area contributed by atoms with E-state index in [1.165, 1.54) is 53.6 Å². The van der Waals surface area contributed by atoms with E-state index < -0.39 is 10.1 Å². The molecule has 1 aliphatic carbocycles. The van der Waals surface area contributed by atoms with Gasteiger partial charge in [-0.15, -0.1) is 0 Å². The van der Waals surface area contributed by atoms with Gasteiger partial charge < -0.3 is 0 Å². The van der Waals surface area contributed by atoms with Crippen molar-refractivity contribution in [3.63, 3.8) is 0 Å². The molecule has 1 aliphatic rings. The summed E-state index contributed by atoms with van der Waals surface area (Å²) in [5.74, 6) is 0.207. The van der Waals surface area contributed by atoms with E-state index in [-0.39, 0.29) is 5.78 Å². The van der Waals surface area contributed by atoms with Crippen LogP contribution in [0.2, 0.25) is 3.17 Å². The van der Waals surface area contributed by atoms with Crippen molar-refractivity contribution in [2.75, 3.05) is 12.8 Å². The number of hydrogen-bond donors (Lipinski definition) is 2. The van der Waals surface area contributed by atoms with Crippen molar-refractivity contribution in [3.05, 3.63) is 35.9 Å². The molecule has 7 heteroatoms. The van der Waals surface area contributed by atoms with Gasteiger partial charge in [0.2, 0.25) is 0 Å². The fourth-order valence-electron chi connectivity index (χ4n) is 2.43. The van der Waals surface area contributed by atoms with Crippen molar-refractivity contribution >= 4 is 43.8 Å². The summed E-state index contributed by atoms with van der Waals surface area (Å²) in [5, 5.41) is 3.41. The summed E-state index contributed by atoms with van der Waals surface area (Å²) in [6.07, 6.45) is 5.91. The van der Waals surface area contributed by atoms with Crippen LogP contribution in [0.15, 0.2) is 30.3 Å². The number of hydrogen-bond acceptors (Lipinski definition) is 4. The summed E-state index contributed by atoms with van der Waals surface area (Å²) in [6.45, 7) is 0.487. The van der Waals surface area contributed by atoms with Gasteiger partial charge >= 0.3 is 121 Å². The van der Waals surface area contributed by atoms with Crippen LogP contribution in [0.5, 0.6) is 0 Å². The molecular weight excluding hydrogens is 313 g/mol. The number of rotatable bonds is 4. The molecule has 2 N–H and O–H groups in total. The Kier molecular flexibility index (Phi) is 8.82. The van der Waals surface area contributed by atoms with Crippen LogP contribution in [0, 0.1) is 0 Å². The third kappa shape index (κ3) is 9.71. The van der Waals surface area contributed by atoms with E-state index in [9.17, 15) is 13.2 Å². The zero-order chi connectivity index (χ0) is 16.6. The Labute approximate surface area is 150 Å². The molecule has 0 aliphatic heterocycles. The topological polar surface area (TPSA) is 83.5 Å². The molecule has 0 amide bonds. The zero-order valence-corrected chi connectivity index (χ0v) is 16.0. The van der Waals surface area contributed by atoms with E-state index in [1.54, 1.807) is 0 Å². The molecule has 1 saturated carbocycles. The first-order valence-corrected chi connectivity index (χ1v) is 10.5. The van der Waals surface area contributed by atoms with Gasteiger partial charge in [-0.2, -0.15) is 8.42 Å². The molecule has 22 heavy (non-hydrogen) atoms. The Bertz CT molecular complexity index is 546. The fourth-order valence-corrected chi connectivity index (χ4v) is 3.09. The molecule has 0 saturated heterocycles. The quantitative estimate of drug-likeness (QED) is 0.498. The second kappa shape index (κ2) is 9.80. The van der Waals surface area contributed by atoms with Crippen molar-refractivity contribution in [3.8, 4) is 0 Å². The molecule has 0 unspecified atom stereocenters. The average Bonchev–Trinajstić information content (AvgIpc) is 2.45. The summed E-state index contributed by atoms with van der Waals surface area (Å²) in [5.41, 5.74) is 0.816. The maximum absolute atomic E-state index is 11.9. The van der Waals surface area contributed by atoms with Crippen LogP contribution < -0.4 is 5.32 Å². The zero-order valence-electron chi connectivity index (χ0n) is 13.2. The van der Waals surface area contributed by atoms with Crippen molar-refractivity contribution in [2.24, 2.45) is 0 Å². The standard InChI is InChI=1S/C14H18NO.CH4O3S.Na/c16-14(12-7-3-1-4-8-12)11-15-13-9-5-2-6-10-13;1-5(2,3)4;/h1-4,7-8,13,15H,5-6,9-11H2;1H3,(H,2,3,4);. The van der Waals surface area contributed by atoms with E-state index in [1.807, 2.05) is 30.3 Å². The summed E-state index contributed by atoms with van der Waals surface area (Å²) in [4.78, 5) is 11.9. The molecule has 1 aromatic carbocycles. The first-order valence-electron chi connectivity index (χ1n) is 7.50. The molecule has 0 radical (unpaired) electrons. The summed E-state index contributed by atoms with van der Waals surface area (Å²) in [7, 11) is -3.67. The third-order valence-corrected chi connectivity index (χ3v) is 4.82. The van der Waals surface area contributed by atoms with Gasteiger partial charge in [0.05, 0.1) is 6.26 Å². The predicted octanol–water partition coefficient (Wildman–Crippen LogP) is 1.86. The Morgan fingerprint density at radius 1 is 1.23 bits per heavy atom. The van der Waals surface area contributed by atoms with E-state index in [0.717, 1.165) is 8.73 Å². The molecular formula is C15H22NNaO4S. The summed E-state index contributed by atoms with van der Waals surface area (Å²) in [6, 6.07) is 10.1. The van der Waals surface area contributed by atoms with E-state index in [4.69, 9.17) is 4.55 Å². The van der Waals surface area contributed by atoms with Crippen molar-refractivity contribution < 1.29 is 17.8 Å². The first kappa shape index (κ1) is 19.8. The monoisotopic (exact) mass is 335 g/mol. The number of Topliss-reactive ketones (excluding diaryl/α,β-unsaturated/α-hetero) is 1. The Hall–Kier alpha value is -0.240. The average molecular weight is 335 g/mol. The molecule has 0 bridgehead atoms. The minimum atomic E-state index is -3.67. The second-order valence-electron chi connectivity index (χ2n) is 5.86. The number of nitrogens with one attached hydrogen (secondary N) is 1. The summed E-state index contributed by atoms with van der Waals surface area (Å²) < 4.78 is 26.9. The van der Waals surface area contributed by atoms with Crippen molar-refractivity contribution in [2.45, 2.75) is 34.9 Å². The van der Waals surface area contributed by atoms with Gasteiger partial charge in [0, 0.05) is 0 Å². The Morgan fingerprint density at radius 3 is 2.23 bits per heavy atom. The van der Waals surface area contributed by atoms with Crippen LogP contribution in [-0.4, -0.2) is 65.5 Å². The van der Waals surface area contributed by atoms with Gasteiger partial charge in [0.15, 0.2) is 0 Å². The molecule has 5 nitrogen and oxygen atoms in total. The SMILES string of the molecule is CS(=O)(=O)O.O=C(CN[C@H]1CC[C@H]([Na])CC1)c1ccccc1. The fraction of sp³-hybridized carbons (Fsp3) is 0.533. The van der Waals surface area contributed by atoms with Crippen LogP contribution in [-0.2, 0) is 10.1 Å². The van der Waals surface area contributed by atoms with Crippen molar-refractivity contribution in [1.82, 2.24) is 5.32 Å². The van der Waals surface area contributed by atoms with E-state index >= 15 is 0 Å². The van der Waals surface area contributed by atoms with Crippen LogP contribution in [0.4, 0.5) is 0 Å². The van der Waals surface area contributed by atoms with E-state index in [0.29, 0.717) is 18.8 Å².